The second kappa shape index (κ2) is 8.55. The average molecular weight is 429 g/mol. The third-order valence-corrected chi connectivity index (χ3v) is 5.18. The Hall–Kier alpha value is -4.12. The minimum Gasteiger partial charge on any atom is -0.495 e. The molecule has 162 valence electrons. The first-order valence-electron chi connectivity index (χ1n) is 10.3. The van der Waals surface area contributed by atoms with Crippen LogP contribution in [-0.2, 0) is 13.1 Å². The van der Waals surface area contributed by atoms with Gasteiger partial charge in [0.25, 0.3) is 5.56 Å². The van der Waals surface area contributed by atoms with Crippen molar-refractivity contribution in [3.05, 3.63) is 86.8 Å². The molecule has 4 rings (SSSR count). The molecule has 0 amide bonds. The quantitative estimate of drug-likeness (QED) is 0.470. The molecule has 0 aliphatic carbocycles. The lowest BCUT2D eigenvalue weighted by Gasteiger charge is -2.15. The fourth-order valence-corrected chi connectivity index (χ4v) is 3.79. The van der Waals surface area contributed by atoms with Crippen molar-refractivity contribution >= 4 is 11.2 Å². The van der Waals surface area contributed by atoms with Crippen molar-refractivity contribution < 1.29 is 4.74 Å². The number of fused-ring (bicyclic) bond motifs is 1. The number of benzene rings is 2. The normalized spacial score (nSPS) is 11.1. The predicted octanol–water partition coefficient (Wildman–Crippen LogP) is 2.93. The lowest BCUT2D eigenvalue weighted by atomic mass is 10.1. The van der Waals surface area contributed by atoms with Crippen molar-refractivity contribution in [2.45, 2.75) is 26.9 Å². The average Bonchev–Trinajstić information content (AvgIpc) is 3.20. The molecular formula is C24H23N5O3. The number of aromatic nitrogens is 4. The molecule has 0 unspecified atom stereocenters. The minimum absolute atomic E-state index is 0.0904. The number of para-hydroxylation sites is 2. The van der Waals surface area contributed by atoms with Crippen molar-refractivity contribution in [1.29, 1.82) is 5.26 Å². The molecule has 0 aliphatic heterocycles. The highest BCUT2D eigenvalue weighted by Crippen LogP contribution is 2.23. The predicted molar refractivity (Wildman–Crippen MR) is 121 cm³/mol. The summed E-state index contributed by atoms with van der Waals surface area (Å²) >= 11 is 0. The molecule has 0 N–H and O–H groups in total. The zero-order valence-corrected chi connectivity index (χ0v) is 18.1. The van der Waals surface area contributed by atoms with Gasteiger partial charge in [-0.05, 0) is 35.7 Å². The molecule has 0 bridgehead atoms. The van der Waals surface area contributed by atoms with E-state index >= 15 is 0 Å². The summed E-state index contributed by atoms with van der Waals surface area (Å²) in [4.78, 5) is 31.3. The van der Waals surface area contributed by atoms with Crippen molar-refractivity contribution in [2.75, 3.05) is 7.11 Å². The number of methoxy groups -OCH3 is 1. The summed E-state index contributed by atoms with van der Waals surface area (Å²) in [5.41, 5.74) is 1.64. The fourth-order valence-electron chi connectivity index (χ4n) is 3.79. The first kappa shape index (κ1) is 21.1. The Kier molecular flexibility index (Phi) is 5.65. The summed E-state index contributed by atoms with van der Waals surface area (Å²) < 4.78 is 9.87. The highest BCUT2D eigenvalue weighted by atomic mass is 16.5. The van der Waals surface area contributed by atoms with Gasteiger partial charge >= 0.3 is 5.69 Å². The van der Waals surface area contributed by atoms with Crippen LogP contribution >= 0.6 is 0 Å². The Labute approximate surface area is 184 Å². The van der Waals surface area contributed by atoms with Gasteiger partial charge in [-0.25, -0.2) is 14.3 Å². The Balaban J connectivity index is 2.01. The van der Waals surface area contributed by atoms with Crippen LogP contribution in [-0.4, -0.2) is 25.8 Å². The van der Waals surface area contributed by atoms with E-state index in [1.54, 1.807) is 47.3 Å². The minimum atomic E-state index is -0.461. The summed E-state index contributed by atoms with van der Waals surface area (Å²) in [7, 11) is 1.53. The molecule has 8 nitrogen and oxygen atoms in total. The van der Waals surface area contributed by atoms with E-state index in [-0.39, 0.29) is 18.1 Å². The lowest BCUT2D eigenvalue weighted by molar-refractivity contribution is 0.411. The Morgan fingerprint density at radius 1 is 1.12 bits per heavy atom. The van der Waals surface area contributed by atoms with Crippen molar-refractivity contribution in [1.82, 2.24) is 18.7 Å². The van der Waals surface area contributed by atoms with E-state index in [4.69, 9.17) is 4.74 Å². The van der Waals surface area contributed by atoms with E-state index in [0.29, 0.717) is 29.1 Å². The maximum Gasteiger partial charge on any atom is 0.337 e. The van der Waals surface area contributed by atoms with Crippen LogP contribution in [0.3, 0.4) is 0 Å². The van der Waals surface area contributed by atoms with E-state index < -0.39 is 11.2 Å². The maximum absolute atomic E-state index is 13.4. The highest BCUT2D eigenvalue weighted by molar-refractivity contribution is 5.73. The molecule has 2 heterocycles. The first-order valence-corrected chi connectivity index (χ1v) is 10.3. The van der Waals surface area contributed by atoms with Gasteiger partial charge in [0.05, 0.1) is 30.8 Å². The third-order valence-electron chi connectivity index (χ3n) is 5.18. The molecule has 32 heavy (non-hydrogen) atoms. The van der Waals surface area contributed by atoms with Gasteiger partial charge in [0.1, 0.15) is 5.75 Å². The number of nitriles is 1. The van der Waals surface area contributed by atoms with Crippen LogP contribution in [0.15, 0.2) is 64.4 Å². The second-order valence-corrected chi connectivity index (χ2v) is 7.96. The monoisotopic (exact) mass is 429 g/mol. The molecule has 0 fully saturated rings. The molecule has 4 aromatic rings. The standard InChI is InChI=1S/C24H23N5O3/c1-16(2)13-28-23(30)21-22(29(24(28)31)19-9-4-5-10-20(19)32-3)26-15-27(21)14-18-8-6-7-17(11-18)12-25/h4-11,15-16H,13-14H2,1-3H3. The molecule has 0 radical (unpaired) electrons. The Bertz CT molecular complexity index is 1450. The highest BCUT2D eigenvalue weighted by Gasteiger charge is 2.21. The lowest BCUT2D eigenvalue weighted by Crippen LogP contribution is -2.41. The van der Waals surface area contributed by atoms with E-state index in [9.17, 15) is 14.9 Å². The van der Waals surface area contributed by atoms with Crippen LogP contribution in [0.1, 0.15) is 25.0 Å². The summed E-state index contributed by atoms with van der Waals surface area (Å²) in [6.45, 7) is 4.52. The largest absolute Gasteiger partial charge is 0.495 e. The van der Waals surface area contributed by atoms with Crippen LogP contribution in [0.2, 0.25) is 0 Å². The topological polar surface area (TPSA) is 94.8 Å². The SMILES string of the molecule is COc1ccccc1-n1c(=O)n(CC(C)C)c(=O)c2c1ncn2Cc1cccc(C#N)c1. The van der Waals surface area contributed by atoms with Gasteiger partial charge in [0.15, 0.2) is 11.2 Å². The maximum atomic E-state index is 13.4. The zero-order chi connectivity index (χ0) is 22.8. The number of nitrogens with zero attached hydrogens (tertiary/aromatic N) is 5. The number of hydrogen-bond acceptors (Lipinski definition) is 5. The second-order valence-electron chi connectivity index (χ2n) is 7.96. The number of imidazole rings is 1. The van der Waals surface area contributed by atoms with Crippen LogP contribution in [0.25, 0.3) is 16.9 Å². The zero-order valence-electron chi connectivity index (χ0n) is 18.1. The number of rotatable bonds is 6. The number of hydrogen-bond donors (Lipinski definition) is 0. The molecule has 0 saturated heterocycles. The van der Waals surface area contributed by atoms with Crippen molar-refractivity contribution in [3.63, 3.8) is 0 Å². The van der Waals surface area contributed by atoms with Crippen LogP contribution < -0.4 is 16.0 Å². The van der Waals surface area contributed by atoms with Gasteiger partial charge in [-0.1, -0.05) is 38.1 Å². The van der Waals surface area contributed by atoms with E-state index in [0.717, 1.165) is 5.56 Å². The van der Waals surface area contributed by atoms with Crippen molar-refractivity contribution in [3.8, 4) is 17.5 Å². The van der Waals surface area contributed by atoms with Crippen LogP contribution in [0.4, 0.5) is 0 Å². The summed E-state index contributed by atoms with van der Waals surface area (Å²) in [6, 6.07) is 16.5. The summed E-state index contributed by atoms with van der Waals surface area (Å²) in [5, 5.41) is 9.19. The Morgan fingerprint density at radius 2 is 1.91 bits per heavy atom. The molecule has 2 aromatic carbocycles. The van der Waals surface area contributed by atoms with Gasteiger partial charge in [0.2, 0.25) is 0 Å². The van der Waals surface area contributed by atoms with Crippen LogP contribution in [0.5, 0.6) is 5.75 Å². The Morgan fingerprint density at radius 3 is 2.62 bits per heavy atom. The van der Waals surface area contributed by atoms with E-state index in [2.05, 4.69) is 11.1 Å². The van der Waals surface area contributed by atoms with Crippen molar-refractivity contribution in [2.24, 2.45) is 5.92 Å². The molecular weight excluding hydrogens is 406 g/mol. The smallest absolute Gasteiger partial charge is 0.337 e. The molecule has 2 aromatic heterocycles. The molecule has 0 spiro atoms. The molecule has 0 saturated carbocycles. The molecule has 0 atom stereocenters. The van der Waals surface area contributed by atoms with Gasteiger partial charge in [-0.15, -0.1) is 0 Å². The van der Waals surface area contributed by atoms with Gasteiger partial charge in [-0.3, -0.25) is 9.36 Å². The number of ether oxygens (including phenoxy) is 1. The summed E-state index contributed by atoms with van der Waals surface area (Å²) in [6.07, 6.45) is 1.55. The molecule has 8 heteroatoms. The van der Waals surface area contributed by atoms with E-state index in [1.165, 1.54) is 16.2 Å². The fraction of sp³-hybridized carbons (Fsp3) is 0.250. The van der Waals surface area contributed by atoms with Gasteiger partial charge in [-0.2, -0.15) is 5.26 Å². The third kappa shape index (κ3) is 3.69. The molecule has 0 aliphatic rings. The van der Waals surface area contributed by atoms with Crippen LogP contribution in [0, 0.1) is 17.2 Å². The van der Waals surface area contributed by atoms with Gasteiger partial charge < -0.3 is 9.30 Å². The first-order chi connectivity index (χ1) is 15.4. The van der Waals surface area contributed by atoms with Gasteiger partial charge in [0, 0.05) is 13.1 Å². The summed E-state index contributed by atoms with van der Waals surface area (Å²) in [5.74, 6) is 0.592. The van der Waals surface area contributed by atoms with E-state index in [1.807, 2.05) is 26.0 Å².